The van der Waals surface area contributed by atoms with Crippen LogP contribution in [0.5, 0.6) is 0 Å². The van der Waals surface area contributed by atoms with E-state index in [-0.39, 0.29) is 5.91 Å². The third-order valence-corrected chi connectivity index (χ3v) is 3.28. The van der Waals surface area contributed by atoms with Gasteiger partial charge in [0.1, 0.15) is 5.01 Å². The Balaban J connectivity index is 2.20. The molecule has 0 spiro atoms. The van der Waals surface area contributed by atoms with Crippen LogP contribution in [0.2, 0.25) is 0 Å². The standard InChI is InChI=1S/C13H14N2OS/c1-2-12(16)15-9-10-5-3-4-6-11(10)13-14-7-8-17-13/h3-8H,2,9H2,1H3,(H,15,16). The monoisotopic (exact) mass is 246 g/mol. The minimum atomic E-state index is 0.0685. The van der Waals surface area contributed by atoms with Crippen molar-refractivity contribution < 1.29 is 4.79 Å². The highest BCUT2D eigenvalue weighted by Crippen LogP contribution is 2.25. The number of nitrogens with one attached hydrogen (secondary N) is 1. The van der Waals surface area contributed by atoms with Crippen molar-refractivity contribution >= 4 is 17.2 Å². The van der Waals surface area contributed by atoms with Gasteiger partial charge in [0.15, 0.2) is 0 Å². The van der Waals surface area contributed by atoms with Crippen molar-refractivity contribution in [3.05, 3.63) is 41.4 Å². The molecule has 0 aliphatic heterocycles. The largest absolute Gasteiger partial charge is 0.352 e. The average Bonchev–Trinajstić information content (AvgIpc) is 2.90. The molecule has 1 N–H and O–H groups in total. The predicted molar refractivity (Wildman–Crippen MR) is 69.7 cm³/mol. The van der Waals surface area contributed by atoms with E-state index in [4.69, 9.17) is 0 Å². The summed E-state index contributed by atoms with van der Waals surface area (Å²) in [7, 11) is 0. The number of carbonyl (C=O) groups is 1. The van der Waals surface area contributed by atoms with E-state index in [0.717, 1.165) is 16.1 Å². The van der Waals surface area contributed by atoms with E-state index >= 15 is 0 Å². The topological polar surface area (TPSA) is 42.0 Å². The second kappa shape index (κ2) is 5.59. The van der Waals surface area contributed by atoms with Crippen LogP contribution in [0.15, 0.2) is 35.8 Å². The molecule has 0 unspecified atom stereocenters. The fourth-order valence-electron chi connectivity index (χ4n) is 1.56. The maximum absolute atomic E-state index is 11.3. The van der Waals surface area contributed by atoms with Crippen LogP contribution in [-0.2, 0) is 11.3 Å². The van der Waals surface area contributed by atoms with Crippen LogP contribution in [0, 0.1) is 0 Å². The van der Waals surface area contributed by atoms with Gasteiger partial charge in [-0.05, 0) is 5.56 Å². The summed E-state index contributed by atoms with van der Waals surface area (Å²) in [6.07, 6.45) is 2.31. The van der Waals surface area contributed by atoms with Gasteiger partial charge in [0.2, 0.25) is 5.91 Å². The van der Waals surface area contributed by atoms with Crippen LogP contribution in [0.3, 0.4) is 0 Å². The van der Waals surface area contributed by atoms with Gasteiger partial charge in [-0.2, -0.15) is 0 Å². The summed E-state index contributed by atoms with van der Waals surface area (Å²) in [6, 6.07) is 8.02. The van der Waals surface area contributed by atoms with Gasteiger partial charge in [-0.3, -0.25) is 4.79 Å². The Morgan fingerprint density at radius 2 is 2.24 bits per heavy atom. The van der Waals surface area contributed by atoms with Crippen LogP contribution in [0.25, 0.3) is 10.6 Å². The third kappa shape index (κ3) is 2.91. The lowest BCUT2D eigenvalue weighted by molar-refractivity contribution is -0.120. The maximum Gasteiger partial charge on any atom is 0.219 e. The molecule has 0 bridgehead atoms. The van der Waals surface area contributed by atoms with Gasteiger partial charge in [-0.1, -0.05) is 31.2 Å². The van der Waals surface area contributed by atoms with E-state index in [2.05, 4.69) is 10.3 Å². The molecule has 0 aliphatic carbocycles. The minimum Gasteiger partial charge on any atom is -0.352 e. The molecule has 0 aliphatic rings. The zero-order valence-electron chi connectivity index (χ0n) is 9.64. The van der Waals surface area contributed by atoms with Gasteiger partial charge in [0.05, 0.1) is 0 Å². The predicted octanol–water partition coefficient (Wildman–Crippen LogP) is 2.84. The number of nitrogens with zero attached hydrogens (tertiary/aromatic N) is 1. The Kier molecular flexibility index (Phi) is 3.88. The first-order valence-electron chi connectivity index (χ1n) is 5.55. The van der Waals surface area contributed by atoms with Crippen LogP contribution in [0.4, 0.5) is 0 Å². The Morgan fingerprint density at radius 3 is 2.94 bits per heavy atom. The number of carbonyl (C=O) groups excluding carboxylic acids is 1. The summed E-state index contributed by atoms with van der Waals surface area (Å²) in [5.41, 5.74) is 2.20. The first kappa shape index (κ1) is 11.8. The van der Waals surface area contributed by atoms with E-state index in [1.165, 1.54) is 0 Å². The average molecular weight is 246 g/mol. The maximum atomic E-state index is 11.3. The SMILES string of the molecule is CCC(=O)NCc1ccccc1-c1nccs1. The van der Waals surface area contributed by atoms with Gasteiger partial charge in [0.25, 0.3) is 0 Å². The highest BCUT2D eigenvalue weighted by molar-refractivity contribution is 7.13. The van der Waals surface area contributed by atoms with Crippen LogP contribution in [-0.4, -0.2) is 10.9 Å². The van der Waals surface area contributed by atoms with Gasteiger partial charge < -0.3 is 5.32 Å². The second-order valence-corrected chi connectivity index (χ2v) is 4.52. The molecule has 2 aromatic rings. The van der Waals surface area contributed by atoms with E-state index < -0.39 is 0 Å². The summed E-state index contributed by atoms with van der Waals surface area (Å²) in [6.45, 7) is 2.41. The normalized spacial score (nSPS) is 10.2. The van der Waals surface area contributed by atoms with Crippen molar-refractivity contribution in [1.29, 1.82) is 0 Å². The van der Waals surface area contributed by atoms with Crippen molar-refractivity contribution in [2.24, 2.45) is 0 Å². The molecule has 17 heavy (non-hydrogen) atoms. The summed E-state index contributed by atoms with van der Waals surface area (Å²) in [5.74, 6) is 0.0685. The molecule has 0 atom stereocenters. The van der Waals surface area contributed by atoms with Crippen molar-refractivity contribution in [1.82, 2.24) is 10.3 Å². The molecule has 88 valence electrons. The quantitative estimate of drug-likeness (QED) is 0.901. The third-order valence-electron chi connectivity index (χ3n) is 2.48. The van der Waals surface area contributed by atoms with Gasteiger partial charge >= 0.3 is 0 Å². The smallest absolute Gasteiger partial charge is 0.219 e. The molecule has 1 aromatic carbocycles. The van der Waals surface area contributed by atoms with Gasteiger partial charge in [-0.15, -0.1) is 11.3 Å². The molecule has 1 heterocycles. The fraction of sp³-hybridized carbons (Fsp3) is 0.231. The summed E-state index contributed by atoms with van der Waals surface area (Å²) in [4.78, 5) is 15.6. The summed E-state index contributed by atoms with van der Waals surface area (Å²) < 4.78 is 0. The lowest BCUT2D eigenvalue weighted by Crippen LogP contribution is -2.21. The number of hydrogen-bond donors (Lipinski definition) is 1. The van der Waals surface area contributed by atoms with E-state index in [0.29, 0.717) is 13.0 Å². The number of hydrogen-bond acceptors (Lipinski definition) is 3. The number of aromatic nitrogens is 1. The molecule has 3 nitrogen and oxygen atoms in total. The Bertz CT molecular complexity index is 494. The first-order chi connectivity index (χ1) is 8.31. The molecule has 1 aromatic heterocycles. The Hall–Kier alpha value is -1.68. The highest BCUT2D eigenvalue weighted by Gasteiger charge is 2.07. The number of amides is 1. The van der Waals surface area contributed by atoms with Crippen LogP contribution in [0.1, 0.15) is 18.9 Å². The molecule has 0 saturated heterocycles. The van der Waals surface area contributed by atoms with E-state index in [1.54, 1.807) is 17.5 Å². The lowest BCUT2D eigenvalue weighted by atomic mass is 10.1. The zero-order chi connectivity index (χ0) is 12.1. The van der Waals surface area contributed by atoms with Gasteiger partial charge in [0, 0.05) is 30.1 Å². The second-order valence-electron chi connectivity index (χ2n) is 3.62. The number of rotatable bonds is 4. The first-order valence-corrected chi connectivity index (χ1v) is 6.43. The molecular formula is C13H14N2OS. The van der Waals surface area contributed by atoms with Crippen molar-refractivity contribution in [2.45, 2.75) is 19.9 Å². The zero-order valence-corrected chi connectivity index (χ0v) is 10.5. The van der Waals surface area contributed by atoms with Crippen molar-refractivity contribution in [3.63, 3.8) is 0 Å². The molecule has 4 heteroatoms. The number of benzene rings is 1. The molecule has 0 radical (unpaired) electrons. The van der Waals surface area contributed by atoms with Crippen molar-refractivity contribution in [2.75, 3.05) is 0 Å². The fourth-order valence-corrected chi connectivity index (χ4v) is 2.26. The minimum absolute atomic E-state index is 0.0685. The highest BCUT2D eigenvalue weighted by atomic mass is 32.1. The van der Waals surface area contributed by atoms with Gasteiger partial charge in [-0.25, -0.2) is 4.98 Å². The molecule has 0 fully saturated rings. The van der Waals surface area contributed by atoms with Crippen molar-refractivity contribution in [3.8, 4) is 10.6 Å². The summed E-state index contributed by atoms with van der Waals surface area (Å²) in [5, 5.41) is 5.84. The molecule has 0 saturated carbocycles. The Morgan fingerprint density at radius 1 is 1.41 bits per heavy atom. The molecular weight excluding hydrogens is 232 g/mol. The molecule has 1 amide bonds. The van der Waals surface area contributed by atoms with E-state index in [1.807, 2.05) is 36.6 Å². The Labute approximate surface area is 105 Å². The lowest BCUT2D eigenvalue weighted by Gasteiger charge is -2.08. The molecule has 2 rings (SSSR count). The summed E-state index contributed by atoms with van der Waals surface area (Å²) >= 11 is 1.61. The van der Waals surface area contributed by atoms with Crippen LogP contribution < -0.4 is 5.32 Å². The number of thiazole rings is 1. The van der Waals surface area contributed by atoms with E-state index in [9.17, 15) is 4.79 Å². The van der Waals surface area contributed by atoms with Crippen LogP contribution >= 0.6 is 11.3 Å².